The molecule has 20 heavy (non-hydrogen) atoms. The van der Waals surface area contributed by atoms with Crippen LogP contribution in [-0.2, 0) is 9.53 Å². The van der Waals surface area contributed by atoms with Crippen molar-refractivity contribution in [2.75, 3.05) is 34.3 Å². The van der Waals surface area contributed by atoms with Crippen molar-refractivity contribution in [1.82, 2.24) is 10.2 Å². The second-order valence-electron chi connectivity index (χ2n) is 7.30. The number of hydrogen-bond acceptors (Lipinski definition) is 4. The highest BCUT2D eigenvalue weighted by molar-refractivity contribution is 5.76. The molecular formula is C16H32N2O2. The maximum absolute atomic E-state index is 11.7. The molecule has 1 fully saturated rings. The van der Waals surface area contributed by atoms with Crippen molar-refractivity contribution >= 4 is 5.97 Å². The predicted molar refractivity (Wildman–Crippen MR) is 82.7 cm³/mol. The maximum Gasteiger partial charge on any atom is 0.312 e. The second-order valence-corrected chi connectivity index (χ2v) is 7.30. The van der Waals surface area contributed by atoms with Crippen LogP contribution in [0.25, 0.3) is 0 Å². The van der Waals surface area contributed by atoms with Gasteiger partial charge in [-0.3, -0.25) is 4.79 Å². The number of likely N-dealkylation sites (N-methyl/N-ethyl adjacent to an activating group) is 1. The Balaban J connectivity index is 2.58. The first-order chi connectivity index (χ1) is 9.23. The van der Waals surface area contributed by atoms with Crippen LogP contribution in [0.15, 0.2) is 0 Å². The number of rotatable bonds is 6. The highest BCUT2D eigenvalue weighted by Crippen LogP contribution is 2.35. The first kappa shape index (κ1) is 17.4. The van der Waals surface area contributed by atoms with Gasteiger partial charge in [-0.15, -0.1) is 0 Å². The third-order valence-electron chi connectivity index (χ3n) is 4.78. The SMILES string of the molecule is COC(=O)C(C)(C)CNCC1(N(C)C)CCCC(C)C1. The first-order valence-corrected chi connectivity index (χ1v) is 7.70. The van der Waals surface area contributed by atoms with Crippen LogP contribution < -0.4 is 5.32 Å². The molecule has 1 rings (SSSR count). The van der Waals surface area contributed by atoms with Crippen molar-refractivity contribution in [2.24, 2.45) is 11.3 Å². The van der Waals surface area contributed by atoms with Gasteiger partial charge in [-0.25, -0.2) is 0 Å². The summed E-state index contributed by atoms with van der Waals surface area (Å²) in [6.07, 6.45) is 5.09. The number of carbonyl (C=O) groups is 1. The number of hydrogen-bond donors (Lipinski definition) is 1. The molecule has 0 aromatic heterocycles. The van der Waals surface area contributed by atoms with Crippen LogP contribution >= 0.6 is 0 Å². The molecule has 0 amide bonds. The van der Waals surface area contributed by atoms with E-state index in [0.717, 1.165) is 12.5 Å². The Bertz CT molecular complexity index is 328. The van der Waals surface area contributed by atoms with Crippen molar-refractivity contribution in [1.29, 1.82) is 0 Å². The zero-order chi connectivity index (χ0) is 15.4. The molecule has 1 N–H and O–H groups in total. The largest absolute Gasteiger partial charge is 0.469 e. The molecule has 0 aromatic rings. The van der Waals surface area contributed by atoms with Gasteiger partial charge in [-0.1, -0.05) is 19.8 Å². The molecule has 0 aliphatic heterocycles. The van der Waals surface area contributed by atoms with Crippen LogP contribution in [0.1, 0.15) is 46.5 Å². The van der Waals surface area contributed by atoms with Gasteiger partial charge in [-0.05, 0) is 46.7 Å². The number of nitrogens with zero attached hydrogens (tertiary/aromatic N) is 1. The van der Waals surface area contributed by atoms with Gasteiger partial charge < -0.3 is 15.0 Å². The lowest BCUT2D eigenvalue weighted by Crippen LogP contribution is -2.55. The van der Waals surface area contributed by atoms with Crippen molar-refractivity contribution in [2.45, 2.75) is 52.0 Å². The summed E-state index contributed by atoms with van der Waals surface area (Å²) in [5.74, 6) is 0.627. The van der Waals surface area contributed by atoms with Gasteiger partial charge in [-0.2, -0.15) is 0 Å². The van der Waals surface area contributed by atoms with Crippen LogP contribution in [0.4, 0.5) is 0 Å². The van der Waals surface area contributed by atoms with E-state index in [4.69, 9.17) is 4.74 Å². The molecule has 2 atom stereocenters. The van der Waals surface area contributed by atoms with E-state index < -0.39 is 5.41 Å². The third-order valence-corrected chi connectivity index (χ3v) is 4.78. The van der Waals surface area contributed by atoms with Crippen LogP contribution in [0.2, 0.25) is 0 Å². The Morgan fingerprint density at radius 3 is 2.60 bits per heavy atom. The first-order valence-electron chi connectivity index (χ1n) is 7.70. The number of methoxy groups -OCH3 is 1. The average Bonchev–Trinajstić information content (AvgIpc) is 2.37. The number of nitrogens with one attached hydrogen (secondary N) is 1. The molecule has 0 heterocycles. The summed E-state index contributed by atoms with van der Waals surface area (Å²) < 4.78 is 4.86. The average molecular weight is 284 g/mol. The van der Waals surface area contributed by atoms with E-state index in [1.165, 1.54) is 32.8 Å². The summed E-state index contributed by atoms with van der Waals surface area (Å²) >= 11 is 0. The maximum atomic E-state index is 11.7. The van der Waals surface area contributed by atoms with Gasteiger partial charge >= 0.3 is 5.97 Å². The monoisotopic (exact) mass is 284 g/mol. The molecule has 1 aliphatic carbocycles. The Hall–Kier alpha value is -0.610. The zero-order valence-electron chi connectivity index (χ0n) is 14.1. The van der Waals surface area contributed by atoms with E-state index >= 15 is 0 Å². The van der Waals surface area contributed by atoms with E-state index in [1.807, 2.05) is 13.8 Å². The lowest BCUT2D eigenvalue weighted by atomic mass is 9.75. The number of ether oxygens (including phenoxy) is 1. The van der Waals surface area contributed by atoms with Gasteiger partial charge in [0.15, 0.2) is 0 Å². The van der Waals surface area contributed by atoms with E-state index in [2.05, 4.69) is 31.2 Å². The fraction of sp³-hybridized carbons (Fsp3) is 0.938. The van der Waals surface area contributed by atoms with Gasteiger partial charge in [0.1, 0.15) is 0 Å². The Morgan fingerprint density at radius 1 is 1.45 bits per heavy atom. The van der Waals surface area contributed by atoms with Gasteiger partial charge in [0.2, 0.25) is 0 Å². The molecule has 0 radical (unpaired) electrons. The highest BCUT2D eigenvalue weighted by Gasteiger charge is 2.37. The molecule has 1 saturated carbocycles. The molecular weight excluding hydrogens is 252 g/mol. The fourth-order valence-corrected chi connectivity index (χ4v) is 3.31. The Labute approximate surface area is 124 Å². The normalized spacial score (nSPS) is 27.6. The molecule has 0 spiro atoms. The standard InChI is InChI=1S/C16H32N2O2/c1-13-8-7-9-16(10-13,18(4)5)12-17-11-15(2,3)14(19)20-6/h13,17H,7-12H2,1-6H3. The summed E-state index contributed by atoms with van der Waals surface area (Å²) in [6, 6.07) is 0. The van der Waals surface area contributed by atoms with E-state index in [-0.39, 0.29) is 11.5 Å². The quantitative estimate of drug-likeness (QED) is 0.760. The molecule has 0 bridgehead atoms. The van der Waals surface area contributed by atoms with E-state index in [9.17, 15) is 4.79 Å². The van der Waals surface area contributed by atoms with E-state index in [1.54, 1.807) is 0 Å². The van der Waals surface area contributed by atoms with Crippen molar-refractivity contribution in [3.63, 3.8) is 0 Å². The number of esters is 1. The summed E-state index contributed by atoms with van der Waals surface area (Å²) in [7, 11) is 5.80. The molecule has 1 aliphatic rings. The minimum absolute atomic E-state index is 0.152. The molecule has 2 unspecified atom stereocenters. The molecule has 4 nitrogen and oxygen atoms in total. The van der Waals surface area contributed by atoms with Crippen LogP contribution in [0.5, 0.6) is 0 Å². The molecule has 4 heteroatoms. The molecule has 118 valence electrons. The molecule has 0 aromatic carbocycles. The smallest absolute Gasteiger partial charge is 0.312 e. The summed E-state index contributed by atoms with van der Waals surface area (Å²) in [5.41, 5.74) is -0.244. The predicted octanol–water partition coefficient (Wildman–Crippen LogP) is 2.29. The van der Waals surface area contributed by atoms with Crippen molar-refractivity contribution in [3.8, 4) is 0 Å². The van der Waals surface area contributed by atoms with Crippen LogP contribution in [-0.4, -0.2) is 50.7 Å². The molecule has 0 saturated heterocycles. The second kappa shape index (κ2) is 6.90. The third kappa shape index (κ3) is 4.19. The Morgan fingerprint density at radius 2 is 2.10 bits per heavy atom. The summed E-state index contributed by atoms with van der Waals surface area (Å²) in [6.45, 7) is 7.79. The van der Waals surface area contributed by atoms with Crippen molar-refractivity contribution in [3.05, 3.63) is 0 Å². The van der Waals surface area contributed by atoms with Crippen LogP contribution in [0, 0.1) is 11.3 Å². The van der Waals surface area contributed by atoms with Gasteiger partial charge in [0.05, 0.1) is 12.5 Å². The van der Waals surface area contributed by atoms with Gasteiger partial charge in [0.25, 0.3) is 0 Å². The van der Waals surface area contributed by atoms with Crippen LogP contribution in [0.3, 0.4) is 0 Å². The minimum atomic E-state index is -0.470. The summed E-state index contributed by atoms with van der Waals surface area (Å²) in [5, 5.41) is 3.51. The lowest BCUT2D eigenvalue weighted by molar-refractivity contribution is -0.150. The topological polar surface area (TPSA) is 41.6 Å². The summed E-state index contributed by atoms with van der Waals surface area (Å²) in [4.78, 5) is 14.1. The van der Waals surface area contributed by atoms with Crippen molar-refractivity contribution < 1.29 is 9.53 Å². The number of carbonyl (C=O) groups excluding carboxylic acids is 1. The van der Waals surface area contributed by atoms with E-state index in [0.29, 0.717) is 6.54 Å². The highest BCUT2D eigenvalue weighted by atomic mass is 16.5. The minimum Gasteiger partial charge on any atom is -0.469 e. The fourth-order valence-electron chi connectivity index (χ4n) is 3.31. The zero-order valence-corrected chi connectivity index (χ0v) is 14.1. The van der Waals surface area contributed by atoms with Gasteiger partial charge in [0, 0.05) is 18.6 Å². The lowest BCUT2D eigenvalue weighted by Gasteiger charge is -2.45. The Kier molecular flexibility index (Phi) is 6.02.